The maximum atomic E-state index is 5.30. The highest BCUT2D eigenvalue weighted by Gasteiger charge is 2.04. The summed E-state index contributed by atoms with van der Waals surface area (Å²) < 4.78 is 10.5. The maximum Gasteiger partial charge on any atom is 0.203 e. The van der Waals surface area contributed by atoms with E-state index < -0.39 is 0 Å². The molecular formula is C14H17N3O2S. The highest BCUT2D eigenvalue weighted by molar-refractivity contribution is 7.15. The molecular weight excluding hydrogens is 274 g/mol. The monoisotopic (exact) mass is 291 g/mol. The Morgan fingerprint density at radius 1 is 1.25 bits per heavy atom. The Labute approximate surface area is 122 Å². The molecule has 0 aliphatic rings. The van der Waals surface area contributed by atoms with Crippen molar-refractivity contribution in [1.82, 2.24) is 4.98 Å². The van der Waals surface area contributed by atoms with Crippen LogP contribution in [-0.2, 0) is 0 Å². The molecule has 1 heterocycles. The molecule has 0 unspecified atom stereocenters. The Morgan fingerprint density at radius 3 is 2.65 bits per heavy atom. The summed E-state index contributed by atoms with van der Waals surface area (Å²) in [5.74, 6) is 1.46. The Kier molecular flexibility index (Phi) is 4.57. The lowest BCUT2D eigenvalue weighted by molar-refractivity contribution is 0.394. The third kappa shape index (κ3) is 3.27. The summed E-state index contributed by atoms with van der Waals surface area (Å²) in [5.41, 5.74) is 4.81. The Bertz CT molecular complexity index is 603. The summed E-state index contributed by atoms with van der Waals surface area (Å²) in [6.07, 6.45) is 1.70. The van der Waals surface area contributed by atoms with Crippen LogP contribution in [0, 0.1) is 13.8 Å². The van der Waals surface area contributed by atoms with Crippen molar-refractivity contribution in [3.8, 4) is 11.5 Å². The number of anilines is 1. The molecule has 0 saturated heterocycles. The van der Waals surface area contributed by atoms with E-state index in [1.54, 1.807) is 31.8 Å². The number of hydrogen-bond acceptors (Lipinski definition) is 6. The minimum atomic E-state index is 0.710. The van der Waals surface area contributed by atoms with Crippen LogP contribution in [0.5, 0.6) is 11.5 Å². The van der Waals surface area contributed by atoms with Crippen LogP contribution in [0.15, 0.2) is 23.3 Å². The summed E-state index contributed by atoms with van der Waals surface area (Å²) in [7, 11) is 3.24. The molecule has 2 aromatic rings. The number of thiazole rings is 1. The van der Waals surface area contributed by atoms with Gasteiger partial charge in [-0.25, -0.2) is 4.98 Å². The van der Waals surface area contributed by atoms with Crippen LogP contribution >= 0.6 is 11.3 Å². The molecule has 0 amide bonds. The minimum Gasteiger partial charge on any atom is -0.497 e. The van der Waals surface area contributed by atoms with Crippen molar-refractivity contribution < 1.29 is 9.47 Å². The second-order valence-electron chi connectivity index (χ2n) is 4.14. The number of benzene rings is 1. The number of methoxy groups -OCH3 is 2. The van der Waals surface area contributed by atoms with Gasteiger partial charge in [-0.3, -0.25) is 5.43 Å². The van der Waals surface area contributed by atoms with Gasteiger partial charge in [0, 0.05) is 16.5 Å². The van der Waals surface area contributed by atoms with E-state index in [0.29, 0.717) is 5.75 Å². The first kappa shape index (κ1) is 14.3. The summed E-state index contributed by atoms with van der Waals surface area (Å²) in [6.45, 7) is 4.02. The van der Waals surface area contributed by atoms with Crippen LogP contribution in [0.3, 0.4) is 0 Å². The standard InChI is InChI=1S/C14H17N3O2S/c1-9-10(2)20-14(16-9)17-15-8-11-5-6-12(18-3)7-13(11)19-4/h5-8H,1-4H3,(H,16,17). The minimum absolute atomic E-state index is 0.710. The van der Waals surface area contributed by atoms with Gasteiger partial charge in [0.15, 0.2) is 0 Å². The van der Waals surface area contributed by atoms with Gasteiger partial charge in [0.2, 0.25) is 5.13 Å². The number of aryl methyl sites for hydroxylation is 2. The van der Waals surface area contributed by atoms with Crippen molar-refractivity contribution in [3.05, 3.63) is 34.3 Å². The van der Waals surface area contributed by atoms with Crippen LogP contribution < -0.4 is 14.9 Å². The number of rotatable bonds is 5. The fraction of sp³-hybridized carbons (Fsp3) is 0.286. The van der Waals surface area contributed by atoms with Crippen molar-refractivity contribution >= 4 is 22.7 Å². The molecule has 0 bridgehead atoms. The summed E-state index contributed by atoms with van der Waals surface area (Å²) in [5, 5.41) is 4.96. The zero-order valence-corrected chi connectivity index (χ0v) is 12.7. The largest absolute Gasteiger partial charge is 0.497 e. The van der Waals surface area contributed by atoms with Crippen LogP contribution in [0.1, 0.15) is 16.1 Å². The lowest BCUT2D eigenvalue weighted by atomic mass is 10.2. The van der Waals surface area contributed by atoms with Gasteiger partial charge in [-0.1, -0.05) is 0 Å². The SMILES string of the molecule is COc1ccc(C=NNc2nc(C)c(C)s2)c(OC)c1. The molecule has 0 spiro atoms. The van der Waals surface area contributed by atoms with Crippen LogP contribution in [0.4, 0.5) is 5.13 Å². The van der Waals surface area contributed by atoms with E-state index in [1.165, 1.54) is 4.88 Å². The number of hydrogen-bond donors (Lipinski definition) is 1. The number of hydrazone groups is 1. The predicted octanol–water partition coefficient (Wildman–Crippen LogP) is 3.22. The normalized spacial score (nSPS) is 10.8. The van der Waals surface area contributed by atoms with Crippen LogP contribution in [0.2, 0.25) is 0 Å². The molecule has 106 valence electrons. The maximum absolute atomic E-state index is 5.30. The zero-order valence-electron chi connectivity index (χ0n) is 11.9. The van der Waals surface area contributed by atoms with Crippen LogP contribution in [-0.4, -0.2) is 25.4 Å². The van der Waals surface area contributed by atoms with Crippen molar-refractivity contribution in [1.29, 1.82) is 0 Å². The molecule has 0 aliphatic heterocycles. The first-order valence-electron chi connectivity index (χ1n) is 6.09. The van der Waals surface area contributed by atoms with E-state index >= 15 is 0 Å². The van der Waals surface area contributed by atoms with Crippen molar-refractivity contribution in [3.63, 3.8) is 0 Å². The van der Waals surface area contributed by atoms with E-state index in [9.17, 15) is 0 Å². The molecule has 5 nitrogen and oxygen atoms in total. The molecule has 20 heavy (non-hydrogen) atoms. The molecule has 1 N–H and O–H groups in total. The van der Waals surface area contributed by atoms with Crippen molar-refractivity contribution in [2.24, 2.45) is 5.10 Å². The van der Waals surface area contributed by atoms with Gasteiger partial charge < -0.3 is 9.47 Å². The van der Waals surface area contributed by atoms with Gasteiger partial charge in [0.05, 0.1) is 26.1 Å². The van der Waals surface area contributed by atoms with Gasteiger partial charge in [-0.15, -0.1) is 11.3 Å². The quantitative estimate of drug-likeness (QED) is 0.679. The molecule has 1 aromatic carbocycles. The molecule has 0 aliphatic carbocycles. The fourth-order valence-corrected chi connectivity index (χ4v) is 2.37. The molecule has 0 radical (unpaired) electrons. The van der Waals surface area contributed by atoms with Gasteiger partial charge in [0.25, 0.3) is 0 Å². The second-order valence-corrected chi connectivity index (χ2v) is 5.34. The second kappa shape index (κ2) is 6.38. The lowest BCUT2D eigenvalue weighted by Gasteiger charge is -2.06. The summed E-state index contributed by atoms with van der Waals surface area (Å²) in [4.78, 5) is 5.54. The topological polar surface area (TPSA) is 55.7 Å². The smallest absolute Gasteiger partial charge is 0.203 e. The first-order valence-corrected chi connectivity index (χ1v) is 6.91. The molecule has 0 saturated carbocycles. The highest BCUT2D eigenvalue weighted by Crippen LogP contribution is 2.24. The Balaban J connectivity index is 2.11. The third-order valence-electron chi connectivity index (χ3n) is 2.83. The van der Waals surface area contributed by atoms with E-state index in [4.69, 9.17) is 9.47 Å². The number of aromatic nitrogens is 1. The molecule has 6 heteroatoms. The summed E-state index contributed by atoms with van der Waals surface area (Å²) >= 11 is 1.58. The zero-order chi connectivity index (χ0) is 14.5. The molecule has 1 aromatic heterocycles. The Morgan fingerprint density at radius 2 is 2.05 bits per heavy atom. The fourth-order valence-electron chi connectivity index (χ4n) is 1.60. The third-order valence-corrected chi connectivity index (χ3v) is 3.81. The van der Waals surface area contributed by atoms with Gasteiger partial charge in [-0.05, 0) is 26.0 Å². The van der Waals surface area contributed by atoms with E-state index in [0.717, 1.165) is 22.1 Å². The predicted molar refractivity (Wildman–Crippen MR) is 82.4 cm³/mol. The number of nitrogens with one attached hydrogen (secondary N) is 1. The highest BCUT2D eigenvalue weighted by atomic mass is 32.1. The molecule has 0 fully saturated rings. The average molecular weight is 291 g/mol. The lowest BCUT2D eigenvalue weighted by Crippen LogP contribution is -1.95. The number of ether oxygens (including phenoxy) is 2. The van der Waals surface area contributed by atoms with E-state index in [2.05, 4.69) is 15.5 Å². The van der Waals surface area contributed by atoms with Gasteiger partial charge in [0.1, 0.15) is 11.5 Å². The average Bonchev–Trinajstić information content (AvgIpc) is 2.78. The van der Waals surface area contributed by atoms with Gasteiger partial charge in [-0.2, -0.15) is 5.10 Å². The van der Waals surface area contributed by atoms with E-state index in [1.807, 2.05) is 32.0 Å². The summed E-state index contributed by atoms with van der Waals surface area (Å²) in [6, 6.07) is 5.57. The first-order chi connectivity index (χ1) is 9.63. The van der Waals surface area contributed by atoms with E-state index in [-0.39, 0.29) is 0 Å². The van der Waals surface area contributed by atoms with Crippen molar-refractivity contribution in [2.75, 3.05) is 19.6 Å². The van der Waals surface area contributed by atoms with Crippen LogP contribution in [0.25, 0.3) is 0 Å². The van der Waals surface area contributed by atoms with Gasteiger partial charge >= 0.3 is 0 Å². The molecule has 0 atom stereocenters. The Hall–Kier alpha value is -2.08. The molecule has 2 rings (SSSR count). The van der Waals surface area contributed by atoms with Crippen molar-refractivity contribution in [2.45, 2.75) is 13.8 Å². The number of nitrogens with zero attached hydrogens (tertiary/aromatic N) is 2.